The van der Waals surface area contributed by atoms with Gasteiger partial charge in [-0.2, -0.15) is 0 Å². The Morgan fingerprint density at radius 1 is 1.41 bits per heavy atom. The standard InChI is InChI=1S/C12H21N5/c1-2-10-4-3-6-17(7-5-10)12-9-14-8-11(15-12)16-13/h8-10H,2-7,13H2,1H3,(H,15,16). The maximum absolute atomic E-state index is 5.35. The SMILES string of the molecule is CCC1CCCN(c2cncc(NN)n2)CC1. The maximum atomic E-state index is 5.35. The zero-order valence-electron chi connectivity index (χ0n) is 10.4. The molecule has 1 aliphatic rings. The van der Waals surface area contributed by atoms with Crippen molar-refractivity contribution in [3.8, 4) is 0 Å². The molecule has 0 spiro atoms. The minimum absolute atomic E-state index is 0.624. The Morgan fingerprint density at radius 3 is 3.06 bits per heavy atom. The molecular formula is C12H21N5. The molecule has 0 bridgehead atoms. The molecule has 0 aliphatic carbocycles. The predicted octanol–water partition coefficient (Wildman–Crippen LogP) is 1.78. The van der Waals surface area contributed by atoms with Gasteiger partial charge >= 0.3 is 0 Å². The molecule has 17 heavy (non-hydrogen) atoms. The normalized spacial score (nSPS) is 21.1. The highest BCUT2D eigenvalue weighted by atomic mass is 15.3. The second-order valence-corrected chi connectivity index (χ2v) is 4.60. The lowest BCUT2D eigenvalue weighted by Crippen LogP contribution is -2.26. The Kier molecular flexibility index (Phi) is 4.14. The van der Waals surface area contributed by atoms with Crippen molar-refractivity contribution in [1.82, 2.24) is 9.97 Å². The quantitative estimate of drug-likeness (QED) is 0.617. The van der Waals surface area contributed by atoms with E-state index >= 15 is 0 Å². The smallest absolute Gasteiger partial charge is 0.160 e. The Labute approximate surface area is 102 Å². The summed E-state index contributed by atoms with van der Waals surface area (Å²) in [5.41, 5.74) is 2.54. The number of nitrogen functional groups attached to an aromatic ring is 1. The third-order valence-corrected chi connectivity index (χ3v) is 3.52. The van der Waals surface area contributed by atoms with Crippen LogP contribution in [0.15, 0.2) is 12.4 Å². The molecule has 3 N–H and O–H groups in total. The molecule has 2 heterocycles. The van der Waals surface area contributed by atoms with E-state index < -0.39 is 0 Å². The van der Waals surface area contributed by atoms with Crippen LogP contribution >= 0.6 is 0 Å². The van der Waals surface area contributed by atoms with Crippen molar-refractivity contribution < 1.29 is 0 Å². The minimum atomic E-state index is 0.624. The van der Waals surface area contributed by atoms with E-state index in [1.54, 1.807) is 6.20 Å². The lowest BCUT2D eigenvalue weighted by molar-refractivity contribution is 0.459. The second kappa shape index (κ2) is 5.82. The van der Waals surface area contributed by atoms with E-state index in [0.29, 0.717) is 5.82 Å². The molecule has 1 saturated heterocycles. The van der Waals surface area contributed by atoms with Crippen molar-refractivity contribution in [3.63, 3.8) is 0 Å². The zero-order valence-corrected chi connectivity index (χ0v) is 10.4. The van der Waals surface area contributed by atoms with Gasteiger partial charge in [-0.1, -0.05) is 13.3 Å². The number of hydrogen-bond acceptors (Lipinski definition) is 5. The van der Waals surface area contributed by atoms with Crippen molar-refractivity contribution in [2.45, 2.75) is 32.6 Å². The van der Waals surface area contributed by atoms with Crippen molar-refractivity contribution in [2.24, 2.45) is 11.8 Å². The van der Waals surface area contributed by atoms with Gasteiger partial charge in [-0.05, 0) is 25.2 Å². The summed E-state index contributed by atoms with van der Waals surface area (Å²) in [6, 6.07) is 0. The third-order valence-electron chi connectivity index (χ3n) is 3.52. The summed E-state index contributed by atoms with van der Waals surface area (Å²) in [5, 5.41) is 0. The van der Waals surface area contributed by atoms with E-state index in [9.17, 15) is 0 Å². The summed E-state index contributed by atoms with van der Waals surface area (Å²) in [5.74, 6) is 7.77. The van der Waals surface area contributed by atoms with Gasteiger partial charge in [-0.15, -0.1) is 0 Å². The van der Waals surface area contributed by atoms with E-state index in [0.717, 1.165) is 24.8 Å². The van der Waals surface area contributed by atoms with Crippen LogP contribution < -0.4 is 16.2 Å². The summed E-state index contributed by atoms with van der Waals surface area (Å²) in [4.78, 5) is 10.9. The molecule has 1 aliphatic heterocycles. The number of nitrogens with zero attached hydrogens (tertiary/aromatic N) is 3. The average molecular weight is 235 g/mol. The Balaban J connectivity index is 2.05. The van der Waals surface area contributed by atoms with Crippen LogP contribution in [0.25, 0.3) is 0 Å². The Hall–Kier alpha value is -1.36. The van der Waals surface area contributed by atoms with Gasteiger partial charge in [-0.25, -0.2) is 10.8 Å². The summed E-state index contributed by atoms with van der Waals surface area (Å²) < 4.78 is 0. The second-order valence-electron chi connectivity index (χ2n) is 4.60. The van der Waals surface area contributed by atoms with Gasteiger partial charge in [0, 0.05) is 13.1 Å². The molecule has 1 aromatic heterocycles. The van der Waals surface area contributed by atoms with Crippen LogP contribution in [-0.4, -0.2) is 23.1 Å². The molecule has 2 rings (SSSR count). The topological polar surface area (TPSA) is 67.1 Å². The fourth-order valence-corrected chi connectivity index (χ4v) is 2.38. The molecule has 5 nitrogen and oxygen atoms in total. The molecule has 94 valence electrons. The van der Waals surface area contributed by atoms with Crippen LogP contribution in [-0.2, 0) is 0 Å². The largest absolute Gasteiger partial charge is 0.355 e. The van der Waals surface area contributed by atoms with Crippen molar-refractivity contribution in [3.05, 3.63) is 12.4 Å². The lowest BCUT2D eigenvalue weighted by atomic mass is 9.98. The first-order valence-corrected chi connectivity index (χ1v) is 6.37. The van der Waals surface area contributed by atoms with Gasteiger partial charge in [0.25, 0.3) is 0 Å². The fraction of sp³-hybridized carbons (Fsp3) is 0.667. The lowest BCUT2D eigenvalue weighted by Gasteiger charge is -2.21. The van der Waals surface area contributed by atoms with Crippen LogP contribution in [0.2, 0.25) is 0 Å². The molecule has 0 aromatic carbocycles. The van der Waals surface area contributed by atoms with Gasteiger partial charge in [0.15, 0.2) is 5.82 Å². The fourth-order valence-electron chi connectivity index (χ4n) is 2.38. The molecule has 1 atom stereocenters. The number of anilines is 2. The van der Waals surface area contributed by atoms with Crippen LogP contribution in [0.4, 0.5) is 11.6 Å². The van der Waals surface area contributed by atoms with Crippen LogP contribution in [0.5, 0.6) is 0 Å². The summed E-state index contributed by atoms with van der Waals surface area (Å²) in [7, 11) is 0. The van der Waals surface area contributed by atoms with E-state index in [1.807, 2.05) is 6.20 Å². The number of hydrogen-bond donors (Lipinski definition) is 2. The minimum Gasteiger partial charge on any atom is -0.355 e. The van der Waals surface area contributed by atoms with E-state index in [1.165, 1.54) is 25.7 Å². The van der Waals surface area contributed by atoms with Crippen molar-refractivity contribution in [2.75, 3.05) is 23.4 Å². The van der Waals surface area contributed by atoms with Gasteiger partial charge in [-0.3, -0.25) is 4.98 Å². The first kappa shape index (κ1) is 12.1. The first-order chi connectivity index (χ1) is 8.33. The van der Waals surface area contributed by atoms with E-state index in [4.69, 9.17) is 5.84 Å². The third kappa shape index (κ3) is 3.06. The molecule has 1 unspecified atom stereocenters. The molecule has 1 fully saturated rings. The molecule has 0 saturated carbocycles. The predicted molar refractivity (Wildman–Crippen MR) is 69.7 cm³/mol. The summed E-state index contributed by atoms with van der Waals surface area (Å²) in [6.45, 7) is 4.42. The number of aromatic nitrogens is 2. The molecule has 5 heteroatoms. The Morgan fingerprint density at radius 2 is 2.29 bits per heavy atom. The molecule has 1 aromatic rings. The van der Waals surface area contributed by atoms with Crippen molar-refractivity contribution >= 4 is 11.6 Å². The van der Waals surface area contributed by atoms with Gasteiger partial charge in [0.1, 0.15) is 5.82 Å². The van der Waals surface area contributed by atoms with Crippen LogP contribution in [0.3, 0.4) is 0 Å². The van der Waals surface area contributed by atoms with Crippen LogP contribution in [0.1, 0.15) is 32.6 Å². The first-order valence-electron chi connectivity index (χ1n) is 6.37. The number of nitrogens with two attached hydrogens (primary N) is 1. The van der Waals surface area contributed by atoms with Gasteiger partial charge in [0.2, 0.25) is 0 Å². The molecule has 0 amide bonds. The highest BCUT2D eigenvalue weighted by Gasteiger charge is 2.17. The Bertz CT molecular complexity index is 355. The highest BCUT2D eigenvalue weighted by Crippen LogP contribution is 2.23. The summed E-state index contributed by atoms with van der Waals surface area (Å²) >= 11 is 0. The van der Waals surface area contributed by atoms with Gasteiger partial charge < -0.3 is 10.3 Å². The van der Waals surface area contributed by atoms with Gasteiger partial charge in [0.05, 0.1) is 12.4 Å². The number of nitrogens with one attached hydrogen (secondary N) is 1. The van der Waals surface area contributed by atoms with Crippen molar-refractivity contribution in [1.29, 1.82) is 0 Å². The van der Waals surface area contributed by atoms with E-state index in [-0.39, 0.29) is 0 Å². The molecule has 0 radical (unpaired) electrons. The summed E-state index contributed by atoms with van der Waals surface area (Å²) in [6.07, 6.45) is 8.54. The highest BCUT2D eigenvalue weighted by molar-refractivity contribution is 5.43. The monoisotopic (exact) mass is 235 g/mol. The number of rotatable bonds is 3. The maximum Gasteiger partial charge on any atom is 0.160 e. The van der Waals surface area contributed by atoms with Crippen LogP contribution in [0, 0.1) is 5.92 Å². The average Bonchev–Trinajstić information content (AvgIpc) is 2.64. The number of hydrazine groups is 1. The molecular weight excluding hydrogens is 214 g/mol. The van der Waals surface area contributed by atoms with E-state index in [2.05, 4.69) is 27.2 Å². The zero-order chi connectivity index (χ0) is 12.1.